The van der Waals surface area contributed by atoms with Crippen LogP contribution in [0, 0.1) is 5.82 Å². The summed E-state index contributed by atoms with van der Waals surface area (Å²) in [5, 5.41) is 0. The highest BCUT2D eigenvalue weighted by atomic mass is 32.2. The number of nitrogens with one attached hydrogen (secondary N) is 1. The molecule has 2 rings (SSSR count). The zero-order chi connectivity index (χ0) is 14.8. The first-order chi connectivity index (χ1) is 9.42. The topological polar surface area (TPSA) is 72.2 Å². The van der Waals surface area contributed by atoms with Crippen LogP contribution in [0.1, 0.15) is 18.5 Å². The minimum atomic E-state index is -3.94. The number of benzene rings is 2. The average molecular weight is 294 g/mol. The predicted molar refractivity (Wildman–Crippen MR) is 76.0 cm³/mol. The van der Waals surface area contributed by atoms with E-state index < -0.39 is 21.9 Å². The fourth-order valence-corrected chi connectivity index (χ4v) is 3.23. The Labute approximate surface area is 117 Å². The van der Waals surface area contributed by atoms with Crippen LogP contribution >= 0.6 is 0 Å². The third kappa shape index (κ3) is 2.97. The molecular weight excluding hydrogens is 279 g/mol. The summed E-state index contributed by atoms with van der Waals surface area (Å²) >= 11 is 0. The summed E-state index contributed by atoms with van der Waals surface area (Å²) in [5.74, 6) is -0.784. The van der Waals surface area contributed by atoms with Gasteiger partial charge in [-0.25, -0.2) is 17.5 Å². The van der Waals surface area contributed by atoms with Crippen LogP contribution in [0.2, 0.25) is 0 Å². The zero-order valence-corrected chi connectivity index (χ0v) is 11.7. The normalized spacial score (nSPS) is 13.1. The van der Waals surface area contributed by atoms with Gasteiger partial charge in [0, 0.05) is 11.7 Å². The van der Waals surface area contributed by atoms with Gasteiger partial charge in [-0.1, -0.05) is 30.3 Å². The Balaban J connectivity index is 2.30. The largest absolute Gasteiger partial charge is 0.398 e. The van der Waals surface area contributed by atoms with Gasteiger partial charge in [-0.05, 0) is 30.7 Å². The van der Waals surface area contributed by atoms with Gasteiger partial charge >= 0.3 is 0 Å². The first-order valence-electron chi connectivity index (χ1n) is 6.03. The van der Waals surface area contributed by atoms with Gasteiger partial charge in [0.2, 0.25) is 10.0 Å². The van der Waals surface area contributed by atoms with Crippen LogP contribution in [0.15, 0.2) is 53.4 Å². The lowest BCUT2D eigenvalue weighted by atomic mass is 10.1. The number of nitrogen functional groups attached to an aromatic ring is 1. The summed E-state index contributed by atoms with van der Waals surface area (Å²) in [6, 6.07) is 11.6. The Bertz CT molecular complexity index is 717. The molecule has 1 atom stereocenters. The second-order valence-corrected chi connectivity index (χ2v) is 6.08. The molecule has 0 radical (unpaired) electrons. The van der Waals surface area contributed by atoms with E-state index in [0.29, 0.717) is 11.3 Å². The quantitative estimate of drug-likeness (QED) is 0.851. The first-order valence-corrected chi connectivity index (χ1v) is 7.51. The maximum Gasteiger partial charge on any atom is 0.244 e. The molecular formula is C14H15FN2O2S. The van der Waals surface area contributed by atoms with Crippen molar-refractivity contribution >= 4 is 15.7 Å². The van der Waals surface area contributed by atoms with Gasteiger partial charge in [-0.2, -0.15) is 0 Å². The number of anilines is 1. The summed E-state index contributed by atoms with van der Waals surface area (Å²) in [6.07, 6.45) is 0. The molecule has 4 nitrogen and oxygen atoms in total. The van der Waals surface area contributed by atoms with E-state index in [-0.39, 0.29) is 4.90 Å². The molecule has 0 aliphatic heterocycles. The minimum absolute atomic E-state index is 0.374. The Morgan fingerprint density at radius 3 is 2.35 bits per heavy atom. The molecule has 0 saturated carbocycles. The molecule has 0 saturated heterocycles. The van der Waals surface area contributed by atoms with Gasteiger partial charge in [0.15, 0.2) is 0 Å². The van der Waals surface area contributed by atoms with E-state index in [1.165, 1.54) is 18.2 Å². The SMILES string of the molecule is CC(NS(=O)(=O)c1ccccc1F)c1ccccc1N. The molecule has 0 aromatic heterocycles. The molecule has 20 heavy (non-hydrogen) atoms. The summed E-state index contributed by atoms with van der Waals surface area (Å²) in [7, 11) is -3.94. The molecule has 0 spiro atoms. The van der Waals surface area contributed by atoms with Crippen molar-refractivity contribution in [3.05, 3.63) is 59.9 Å². The van der Waals surface area contributed by atoms with Gasteiger partial charge in [-0.3, -0.25) is 0 Å². The molecule has 6 heteroatoms. The maximum absolute atomic E-state index is 13.6. The van der Waals surface area contributed by atoms with E-state index in [0.717, 1.165) is 6.07 Å². The van der Waals surface area contributed by atoms with Crippen LogP contribution < -0.4 is 10.5 Å². The van der Waals surface area contributed by atoms with Crippen molar-refractivity contribution in [2.24, 2.45) is 0 Å². The lowest BCUT2D eigenvalue weighted by Crippen LogP contribution is -2.28. The second-order valence-electron chi connectivity index (χ2n) is 4.40. The number of hydrogen-bond acceptors (Lipinski definition) is 3. The molecule has 0 aliphatic carbocycles. The van der Waals surface area contributed by atoms with Gasteiger partial charge in [-0.15, -0.1) is 0 Å². The molecule has 0 amide bonds. The third-order valence-electron chi connectivity index (χ3n) is 2.92. The van der Waals surface area contributed by atoms with E-state index in [9.17, 15) is 12.8 Å². The lowest BCUT2D eigenvalue weighted by molar-refractivity contribution is 0.547. The second kappa shape index (κ2) is 5.60. The fraction of sp³-hybridized carbons (Fsp3) is 0.143. The van der Waals surface area contributed by atoms with Crippen LogP contribution in [0.5, 0.6) is 0 Å². The summed E-state index contributed by atoms with van der Waals surface area (Å²) in [5.41, 5.74) is 6.93. The van der Waals surface area contributed by atoms with Crippen LogP contribution in [-0.4, -0.2) is 8.42 Å². The molecule has 2 aromatic rings. The number of hydrogen-bond donors (Lipinski definition) is 2. The van der Waals surface area contributed by atoms with Crippen molar-refractivity contribution < 1.29 is 12.8 Å². The Morgan fingerprint density at radius 1 is 1.10 bits per heavy atom. The minimum Gasteiger partial charge on any atom is -0.398 e. The molecule has 0 aliphatic rings. The van der Waals surface area contributed by atoms with Crippen molar-refractivity contribution in [1.29, 1.82) is 0 Å². The zero-order valence-electron chi connectivity index (χ0n) is 10.9. The summed E-state index contributed by atoms with van der Waals surface area (Å²) < 4.78 is 40.3. The van der Waals surface area contributed by atoms with Crippen molar-refractivity contribution in [3.63, 3.8) is 0 Å². The smallest absolute Gasteiger partial charge is 0.244 e. The average Bonchev–Trinajstić information content (AvgIpc) is 2.38. The number of rotatable bonds is 4. The standard InChI is InChI=1S/C14H15FN2O2S/c1-10(11-6-2-4-8-13(11)16)17-20(18,19)14-9-5-3-7-12(14)15/h2-10,17H,16H2,1H3. The first kappa shape index (κ1) is 14.5. The van der Waals surface area contributed by atoms with Gasteiger partial charge in [0.25, 0.3) is 0 Å². The van der Waals surface area contributed by atoms with Crippen molar-refractivity contribution in [2.75, 3.05) is 5.73 Å². The number of nitrogens with two attached hydrogens (primary N) is 1. The van der Waals surface area contributed by atoms with E-state index in [4.69, 9.17) is 5.73 Å². The molecule has 0 heterocycles. The highest BCUT2D eigenvalue weighted by Crippen LogP contribution is 2.22. The monoisotopic (exact) mass is 294 g/mol. The highest BCUT2D eigenvalue weighted by Gasteiger charge is 2.22. The van der Waals surface area contributed by atoms with E-state index in [1.807, 2.05) is 0 Å². The highest BCUT2D eigenvalue weighted by molar-refractivity contribution is 7.89. The predicted octanol–water partition coefficient (Wildman–Crippen LogP) is 2.45. The molecule has 2 aromatic carbocycles. The lowest BCUT2D eigenvalue weighted by Gasteiger charge is -2.16. The Morgan fingerprint density at radius 2 is 1.70 bits per heavy atom. The maximum atomic E-state index is 13.6. The van der Waals surface area contributed by atoms with E-state index >= 15 is 0 Å². The number of para-hydroxylation sites is 1. The Hall–Kier alpha value is -1.92. The fourth-order valence-electron chi connectivity index (χ4n) is 1.93. The van der Waals surface area contributed by atoms with Gasteiger partial charge < -0.3 is 5.73 Å². The van der Waals surface area contributed by atoms with Crippen molar-refractivity contribution in [1.82, 2.24) is 4.72 Å². The van der Waals surface area contributed by atoms with Crippen LogP contribution in [0.3, 0.4) is 0 Å². The van der Waals surface area contributed by atoms with Crippen LogP contribution in [0.25, 0.3) is 0 Å². The molecule has 0 fully saturated rings. The van der Waals surface area contributed by atoms with Gasteiger partial charge in [0.05, 0.1) is 0 Å². The van der Waals surface area contributed by atoms with Gasteiger partial charge in [0.1, 0.15) is 10.7 Å². The number of halogens is 1. The molecule has 0 bridgehead atoms. The molecule has 1 unspecified atom stereocenters. The van der Waals surface area contributed by atoms with Crippen molar-refractivity contribution in [3.8, 4) is 0 Å². The van der Waals surface area contributed by atoms with Crippen molar-refractivity contribution in [2.45, 2.75) is 17.9 Å². The summed E-state index contributed by atoms with van der Waals surface area (Å²) in [4.78, 5) is -0.374. The summed E-state index contributed by atoms with van der Waals surface area (Å²) in [6.45, 7) is 1.66. The number of sulfonamides is 1. The third-order valence-corrected chi connectivity index (χ3v) is 4.49. The van der Waals surface area contributed by atoms with Crippen LogP contribution in [-0.2, 0) is 10.0 Å². The molecule has 3 N–H and O–H groups in total. The molecule has 106 valence electrons. The van der Waals surface area contributed by atoms with E-state index in [1.54, 1.807) is 31.2 Å². The van der Waals surface area contributed by atoms with E-state index in [2.05, 4.69) is 4.72 Å². The Kier molecular flexibility index (Phi) is 4.06. The van der Waals surface area contributed by atoms with Crippen LogP contribution in [0.4, 0.5) is 10.1 Å².